The topological polar surface area (TPSA) is 35.5 Å². The number of hydrogen-bond donors (Lipinski definition) is 0. The molecule has 1 aromatic carbocycles. The van der Waals surface area contributed by atoms with Gasteiger partial charge in [0, 0.05) is 13.5 Å². The highest BCUT2D eigenvalue weighted by atomic mass is 28.4. The summed E-state index contributed by atoms with van der Waals surface area (Å²) in [5, 5.41) is 0. The van der Waals surface area contributed by atoms with E-state index in [1.54, 1.807) is 0 Å². The van der Waals surface area contributed by atoms with Gasteiger partial charge in [0.25, 0.3) is 0 Å². The van der Waals surface area contributed by atoms with Gasteiger partial charge >= 0.3 is 5.97 Å². The van der Waals surface area contributed by atoms with Gasteiger partial charge in [-0.2, -0.15) is 0 Å². The summed E-state index contributed by atoms with van der Waals surface area (Å²) < 4.78 is 12.4. The Balaban J connectivity index is 2.14. The fourth-order valence-corrected chi connectivity index (χ4v) is 11.2. The molecule has 2 rings (SSSR count). The minimum absolute atomic E-state index is 0.0878. The minimum atomic E-state index is -1.92. The molecule has 0 saturated heterocycles. The predicted molar refractivity (Wildman–Crippen MR) is 147 cm³/mol. The fraction of sp³-hybridized carbons (Fsp3) is 0.567. The third-order valence-electron chi connectivity index (χ3n) is 7.31. The van der Waals surface area contributed by atoms with E-state index in [9.17, 15) is 4.79 Å². The molecule has 1 aliphatic rings. The first-order valence-corrected chi connectivity index (χ1v) is 15.2. The molecule has 0 spiro atoms. The zero-order valence-corrected chi connectivity index (χ0v) is 23.4. The zero-order valence-electron chi connectivity index (χ0n) is 22.4. The van der Waals surface area contributed by atoms with Gasteiger partial charge in [0.1, 0.15) is 6.10 Å². The van der Waals surface area contributed by atoms with Crippen molar-refractivity contribution >= 4 is 20.4 Å². The third kappa shape index (κ3) is 8.09. The van der Waals surface area contributed by atoms with E-state index in [1.807, 2.05) is 6.07 Å². The van der Waals surface area contributed by atoms with Crippen molar-refractivity contribution in [3.8, 4) is 0 Å². The first kappa shape index (κ1) is 28.3. The number of benzene rings is 1. The number of carbonyl (C=O) groups excluding carboxylic acids is 1. The maximum absolute atomic E-state index is 11.3. The van der Waals surface area contributed by atoms with Crippen molar-refractivity contribution in [2.75, 3.05) is 6.61 Å². The Morgan fingerprint density at radius 3 is 2.15 bits per heavy atom. The molecule has 1 aromatic rings. The molecule has 0 radical (unpaired) electrons. The van der Waals surface area contributed by atoms with Gasteiger partial charge in [-0.25, -0.2) is 0 Å². The summed E-state index contributed by atoms with van der Waals surface area (Å²) in [6.07, 6.45) is 15.8. The van der Waals surface area contributed by atoms with Crippen LogP contribution < -0.4 is 0 Å². The van der Waals surface area contributed by atoms with E-state index < -0.39 is 8.32 Å². The quantitative estimate of drug-likeness (QED) is 0.130. The molecule has 0 N–H and O–H groups in total. The highest BCUT2D eigenvalue weighted by molar-refractivity contribution is 6.77. The van der Waals surface area contributed by atoms with Crippen molar-refractivity contribution in [3.05, 3.63) is 66.3 Å². The molecule has 1 aliphatic carbocycles. The highest BCUT2D eigenvalue weighted by Crippen LogP contribution is 2.43. The summed E-state index contributed by atoms with van der Waals surface area (Å²) in [4.78, 5) is 11.3. The third-order valence-corrected chi connectivity index (χ3v) is 13.4. The molecule has 4 heteroatoms. The number of allylic oxidation sites excluding steroid dienone is 4. The highest BCUT2D eigenvalue weighted by Gasteiger charge is 2.45. The Morgan fingerprint density at radius 1 is 0.971 bits per heavy atom. The van der Waals surface area contributed by atoms with Crippen LogP contribution in [0.1, 0.15) is 73.3 Å². The Kier molecular flexibility index (Phi) is 11.5. The van der Waals surface area contributed by atoms with E-state index in [2.05, 4.69) is 102 Å². The summed E-state index contributed by atoms with van der Waals surface area (Å²) >= 11 is 0. The molecule has 0 amide bonds. The monoisotopic (exact) mass is 482 g/mol. The standard InChI is InChI=1S/C30H46O3Si/c1-23(2)34(24(3)4,25(5)6)32-22-29(28-18-20-30(21-19-28)33-26(7)31)17-13-9-12-16-27-14-10-8-11-15-27/h8-16,18,20,23-25,28-30H,17,19,21-22H2,1-7H3/b13-9+,16-12+/t28-,29+,30-/m1/s1. The predicted octanol–water partition coefficient (Wildman–Crippen LogP) is 8.35. The van der Waals surface area contributed by atoms with Gasteiger partial charge in [0.2, 0.25) is 0 Å². The second kappa shape index (κ2) is 13.8. The fourth-order valence-electron chi connectivity index (χ4n) is 5.70. The van der Waals surface area contributed by atoms with E-state index in [0.717, 1.165) is 25.9 Å². The van der Waals surface area contributed by atoms with E-state index in [-0.39, 0.29) is 12.1 Å². The van der Waals surface area contributed by atoms with Gasteiger partial charge < -0.3 is 9.16 Å². The van der Waals surface area contributed by atoms with E-state index in [4.69, 9.17) is 9.16 Å². The van der Waals surface area contributed by atoms with Crippen LogP contribution in [0, 0.1) is 11.8 Å². The van der Waals surface area contributed by atoms with Crippen LogP contribution in [-0.2, 0) is 14.0 Å². The van der Waals surface area contributed by atoms with Crippen molar-refractivity contribution < 1.29 is 14.0 Å². The average Bonchev–Trinajstić information content (AvgIpc) is 2.78. The molecule has 3 atom stereocenters. The number of hydrogen-bond acceptors (Lipinski definition) is 3. The summed E-state index contributed by atoms with van der Waals surface area (Å²) in [6.45, 7) is 16.4. The van der Waals surface area contributed by atoms with Crippen LogP contribution in [0.3, 0.4) is 0 Å². The number of ether oxygens (including phenoxy) is 1. The lowest BCUT2D eigenvalue weighted by Crippen LogP contribution is -2.49. The van der Waals surface area contributed by atoms with Crippen LogP contribution in [0.4, 0.5) is 0 Å². The summed E-state index contributed by atoms with van der Waals surface area (Å²) in [5.41, 5.74) is 2.94. The van der Waals surface area contributed by atoms with Gasteiger partial charge in [-0.1, -0.05) is 102 Å². The van der Waals surface area contributed by atoms with E-state index >= 15 is 0 Å². The van der Waals surface area contributed by atoms with Gasteiger partial charge in [-0.3, -0.25) is 4.79 Å². The second-order valence-electron chi connectivity index (χ2n) is 10.6. The Bertz CT molecular complexity index is 801. The average molecular weight is 483 g/mol. The van der Waals surface area contributed by atoms with Gasteiger partial charge in [-0.15, -0.1) is 0 Å². The Labute approximate surface area is 209 Å². The lowest BCUT2D eigenvalue weighted by atomic mass is 9.82. The van der Waals surface area contributed by atoms with Crippen molar-refractivity contribution in [2.45, 2.75) is 90.5 Å². The van der Waals surface area contributed by atoms with E-state index in [1.165, 1.54) is 12.5 Å². The Hall–Kier alpha value is -1.91. The van der Waals surface area contributed by atoms with Crippen LogP contribution in [0.15, 0.2) is 60.7 Å². The first-order chi connectivity index (χ1) is 16.2. The van der Waals surface area contributed by atoms with Crippen LogP contribution >= 0.6 is 0 Å². The molecule has 0 unspecified atom stereocenters. The molecule has 188 valence electrons. The summed E-state index contributed by atoms with van der Waals surface area (Å²) in [5.74, 6) is 0.648. The first-order valence-electron chi connectivity index (χ1n) is 13.0. The van der Waals surface area contributed by atoms with Crippen LogP contribution in [0.25, 0.3) is 6.08 Å². The van der Waals surface area contributed by atoms with Crippen molar-refractivity contribution in [1.29, 1.82) is 0 Å². The molecule has 0 saturated carbocycles. The smallest absolute Gasteiger partial charge is 0.303 e. The van der Waals surface area contributed by atoms with Gasteiger partial charge in [0.15, 0.2) is 8.32 Å². The molecular formula is C30H46O3Si. The largest absolute Gasteiger partial charge is 0.458 e. The molecular weight excluding hydrogens is 436 g/mol. The maximum Gasteiger partial charge on any atom is 0.303 e. The number of esters is 1. The van der Waals surface area contributed by atoms with Crippen molar-refractivity contribution in [2.24, 2.45) is 11.8 Å². The zero-order chi connectivity index (χ0) is 25.1. The number of rotatable bonds is 12. The van der Waals surface area contributed by atoms with Crippen LogP contribution in [-0.4, -0.2) is 27.0 Å². The van der Waals surface area contributed by atoms with Crippen molar-refractivity contribution in [3.63, 3.8) is 0 Å². The Morgan fingerprint density at radius 2 is 1.62 bits per heavy atom. The second-order valence-corrected chi connectivity index (χ2v) is 16.1. The minimum Gasteiger partial charge on any atom is -0.458 e. The van der Waals surface area contributed by atoms with Crippen molar-refractivity contribution in [1.82, 2.24) is 0 Å². The van der Waals surface area contributed by atoms with E-state index in [0.29, 0.717) is 28.5 Å². The molecule has 0 aliphatic heterocycles. The maximum atomic E-state index is 11.3. The number of carbonyl (C=O) groups is 1. The molecule has 3 nitrogen and oxygen atoms in total. The molecule has 0 aromatic heterocycles. The normalized spacial score (nSPS) is 20.2. The summed E-state index contributed by atoms with van der Waals surface area (Å²) in [7, 11) is -1.92. The molecule has 0 bridgehead atoms. The molecule has 0 fully saturated rings. The van der Waals surface area contributed by atoms with Gasteiger partial charge in [0.05, 0.1) is 0 Å². The van der Waals surface area contributed by atoms with Gasteiger partial charge in [-0.05, 0) is 59.4 Å². The van der Waals surface area contributed by atoms with Crippen LogP contribution in [0.2, 0.25) is 16.6 Å². The lowest BCUT2D eigenvalue weighted by Gasteiger charge is -2.43. The SMILES string of the molecule is CC(=O)O[C@@H]1C=C[C@@H]([C@@H](C/C=C/C=C/c2ccccc2)CO[Si](C(C)C)(C(C)C)C(C)C)CC1. The molecule has 0 heterocycles. The van der Waals surface area contributed by atoms with Crippen LogP contribution in [0.5, 0.6) is 0 Å². The lowest BCUT2D eigenvalue weighted by molar-refractivity contribution is -0.144. The summed E-state index contributed by atoms with van der Waals surface area (Å²) in [6, 6.07) is 10.4. The molecule has 34 heavy (non-hydrogen) atoms.